The van der Waals surface area contributed by atoms with Gasteiger partial charge in [0.05, 0.1) is 6.61 Å². The first kappa shape index (κ1) is 22.3. The smallest absolute Gasteiger partial charge is 0.272 e. The minimum atomic E-state index is -0.356. The zero-order valence-electron chi connectivity index (χ0n) is 18.8. The van der Waals surface area contributed by atoms with Crippen LogP contribution in [-0.2, 0) is 0 Å². The molecular weight excluding hydrogens is 414 g/mol. The van der Waals surface area contributed by atoms with Gasteiger partial charge in [0.1, 0.15) is 16.4 Å². The third-order valence-electron chi connectivity index (χ3n) is 5.32. The second-order valence-electron chi connectivity index (χ2n) is 8.17. The van der Waals surface area contributed by atoms with Gasteiger partial charge in [-0.2, -0.15) is 0 Å². The Morgan fingerprint density at radius 2 is 1.48 bits per heavy atom. The number of ether oxygens (including phenoxy) is 1. The fourth-order valence-corrected chi connectivity index (χ4v) is 3.63. The van der Waals surface area contributed by atoms with Gasteiger partial charge in [-0.15, -0.1) is 0 Å². The third kappa shape index (κ3) is 5.67. The molecule has 0 aliphatic heterocycles. The third-order valence-corrected chi connectivity index (χ3v) is 5.32. The molecule has 0 aliphatic carbocycles. The first-order valence-corrected chi connectivity index (χ1v) is 10.9. The quantitative estimate of drug-likeness (QED) is 0.431. The Morgan fingerprint density at radius 1 is 0.818 bits per heavy atom. The van der Waals surface area contributed by atoms with Gasteiger partial charge in [0.2, 0.25) is 0 Å². The number of rotatable bonds is 7. The molecule has 168 valence electrons. The molecular formula is C27H27N3O3. The fourth-order valence-electron chi connectivity index (χ4n) is 3.63. The number of nitrogens with zero attached hydrogens (tertiary/aromatic N) is 1. The largest absolute Gasteiger partial charge is 0.494 e. The molecule has 0 aliphatic rings. The van der Waals surface area contributed by atoms with Crippen LogP contribution in [0.3, 0.4) is 0 Å². The van der Waals surface area contributed by atoms with Crippen molar-refractivity contribution in [3.8, 4) is 5.75 Å². The van der Waals surface area contributed by atoms with E-state index < -0.39 is 0 Å². The normalized spacial score (nSPS) is 12.6. The molecule has 6 nitrogen and oxygen atoms in total. The Kier molecular flexibility index (Phi) is 6.86. The van der Waals surface area contributed by atoms with Crippen molar-refractivity contribution in [2.24, 2.45) is 0 Å². The molecule has 0 radical (unpaired) electrons. The maximum absolute atomic E-state index is 12.7. The lowest BCUT2D eigenvalue weighted by atomic mass is 10.0. The molecule has 6 heteroatoms. The molecule has 1 aromatic heterocycles. The molecule has 0 fully saturated rings. The molecule has 0 saturated carbocycles. The zero-order valence-corrected chi connectivity index (χ0v) is 18.8. The second-order valence-corrected chi connectivity index (χ2v) is 8.17. The molecule has 4 rings (SSSR count). The van der Waals surface area contributed by atoms with Crippen LogP contribution in [0.25, 0.3) is 22.9 Å². The summed E-state index contributed by atoms with van der Waals surface area (Å²) in [4.78, 5) is 32.9. The molecule has 0 unspecified atom stereocenters. The molecule has 0 saturated heterocycles. The summed E-state index contributed by atoms with van der Waals surface area (Å²) < 4.78 is 5.74. The zero-order chi connectivity index (χ0) is 23.2. The fraction of sp³-hybridized carbons (Fsp3) is 0.185. The van der Waals surface area contributed by atoms with Crippen LogP contribution >= 0.6 is 0 Å². The molecule has 0 amide bonds. The van der Waals surface area contributed by atoms with Crippen molar-refractivity contribution in [1.82, 2.24) is 14.9 Å². The van der Waals surface area contributed by atoms with Gasteiger partial charge in [0.15, 0.2) is 0 Å². The summed E-state index contributed by atoms with van der Waals surface area (Å²) in [5.74, 6) is 0.772. The highest BCUT2D eigenvalue weighted by molar-refractivity contribution is 5.90. The number of H-pyrrole nitrogens is 2. The number of benzene rings is 3. The number of aromatic nitrogens is 2. The highest BCUT2D eigenvalue weighted by atomic mass is 16.5. The van der Waals surface area contributed by atoms with Crippen molar-refractivity contribution in [2.75, 3.05) is 27.2 Å². The van der Waals surface area contributed by atoms with E-state index in [9.17, 15) is 9.59 Å². The lowest BCUT2D eigenvalue weighted by molar-refractivity contribution is 0.281. The van der Waals surface area contributed by atoms with Gasteiger partial charge in [-0.3, -0.25) is 9.59 Å². The summed E-state index contributed by atoms with van der Waals surface area (Å²) >= 11 is 0. The summed E-state index contributed by atoms with van der Waals surface area (Å²) in [7, 11) is 4.07. The van der Waals surface area contributed by atoms with Gasteiger partial charge in [0, 0.05) is 6.54 Å². The van der Waals surface area contributed by atoms with E-state index >= 15 is 0 Å². The highest BCUT2D eigenvalue weighted by Gasteiger charge is 2.01. The molecule has 0 spiro atoms. The number of hydrogen-bond donors (Lipinski definition) is 2. The van der Waals surface area contributed by atoms with Gasteiger partial charge < -0.3 is 19.6 Å². The topological polar surface area (TPSA) is 78.2 Å². The van der Waals surface area contributed by atoms with Crippen LogP contribution in [0, 0.1) is 0 Å². The average Bonchev–Trinajstić information content (AvgIpc) is 2.81. The first-order chi connectivity index (χ1) is 16.0. The monoisotopic (exact) mass is 441 g/mol. The summed E-state index contributed by atoms with van der Waals surface area (Å²) in [5, 5.41) is 2.50. The van der Waals surface area contributed by atoms with Gasteiger partial charge >= 0.3 is 0 Å². The Morgan fingerprint density at radius 3 is 2.21 bits per heavy atom. The van der Waals surface area contributed by atoms with E-state index in [1.165, 1.54) is 0 Å². The minimum absolute atomic E-state index is 0.203. The maximum atomic E-state index is 12.7. The Hall–Kier alpha value is -3.90. The number of hydrogen-bond acceptors (Lipinski definition) is 4. The highest BCUT2D eigenvalue weighted by Crippen LogP contribution is 2.18. The van der Waals surface area contributed by atoms with Crippen molar-refractivity contribution in [3.63, 3.8) is 0 Å². The molecule has 0 atom stereocenters. The van der Waals surface area contributed by atoms with Gasteiger partial charge in [-0.05, 0) is 66.7 Å². The SMILES string of the molecule is CN(C)CCCOc1ccc(C=c2[nH]c(=O)c(=Cc3cccc4ccccc34)[nH]c2=O)cc1. The summed E-state index contributed by atoms with van der Waals surface area (Å²) in [6, 6.07) is 21.2. The Labute approximate surface area is 191 Å². The van der Waals surface area contributed by atoms with E-state index in [1.54, 1.807) is 12.2 Å². The van der Waals surface area contributed by atoms with Crippen molar-refractivity contribution < 1.29 is 4.74 Å². The van der Waals surface area contributed by atoms with Crippen LogP contribution in [0.15, 0.2) is 76.3 Å². The second kappa shape index (κ2) is 10.1. The average molecular weight is 442 g/mol. The predicted molar refractivity (Wildman–Crippen MR) is 133 cm³/mol. The number of aromatic amines is 2. The lowest BCUT2D eigenvalue weighted by Gasteiger charge is -2.10. The summed E-state index contributed by atoms with van der Waals surface area (Å²) in [6.07, 6.45) is 4.30. The summed E-state index contributed by atoms with van der Waals surface area (Å²) in [5.41, 5.74) is 0.953. The van der Waals surface area contributed by atoms with Crippen molar-refractivity contribution >= 4 is 22.9 Å². The van der Waals surface area contributed by atoms with E-state index in [-0.39, 0.29) is 21.8 Å². The van der Waals surface area contributed by atoms with E-state index in [1.807, 2.05) is 80.8 Å². The number of nitrogens with one attached hydrogen (secondary N) is 2. The van der Waals surface area contributed by atoms with Crippen LogP contribution in [0.5, 0.6) is 5.75 Å². The van der Waals surface area contributed by atoms with E-state index in [0.717, 1.165) is 40.6 Å². The lowest BCUT2D eigenvalue weighted by Crippen LogP contribution is -2.46. The van der Waals surface area contributed by atoms with E-state index in [4.69, 9.17) is 4.74 Å². The van der Waals surface area contributed by atoms with Crippen LogP contribution in [0.4, 0.5) is 0 Å². The van der Waals surface area contributed by atoms with Crippen LogP contribution in [0.1, 0.15) is 17.5 Å². The Balaban J connectivity index is 1.59. The Bertz CT molecular complexity index is 1480. The molecule has 3 aromatic carbocycles. The molecule has 33 heavy (non-hydrogen) atoms. The minimum Gasteiger partial charge on any atom is -0.494 e. The standard InChI is InChI=1S/C27H27N3O3/c1-30(2)15-6-16-33-22-13-11-19(12-14-22)17-24-26(31)29-25(27(32)28-24)18-21-9-5-8-20-7-3-4-10-23(20)21/h3-5,7-14,17-18H,6,15-16H2,1-2H3,(H,28,32)(H,29,31). The summed E-state index contributed by atoms with van der Waals surface area (Å²) in [6.45, 7) is 1.61. The van der Waals surface area contributed by atoms with Gasteiger partial charge in [-0.25, -0.2) is 0 Å². The number of fused-ring (bicyclic) bond motifs is 1. The van der Waals surface area contributed by atoms with Gasteiger partial charge in [0.25, 0.3) is 11.1 Å². The van der Waals surface area contributed by atoms with Crippen molar-refractivity contribution in [2.45, 2.75) is 6.42 Å². The molecule has 2 N–H and O–H groups in total. The van der Waals surface area contributed by atoms with Crippen molar-refractivity contribution in [3.05, 3.63) is 109 Å². The first-order valence-electron chi connectivity index (χ1n) is 10.9. The van der Waals surface area contributed by atoms with Crippen molar-refractivity contribution in [1.29, 1.82) is 0 Å². The van der Waals surface area contributed by atoms with Crippen LogP contribution in [-0.4, -0.2) is 42.1 Å². The maximum Gasteiger partial charge on any atom is 0.272 e. The van der Waals surface area contributed by atoms with E-state index in [0.29, 0.717) is 6.61 Å². The molecule has 0 bridgehead atoms. The predicted octanol–water partition coefficient (Wildman–Crippen LogP) is 2.20. The van der Waals surface area contributed by atoms with E-state index in [2.05, 4.69) is 14.9 Å². The molecule has 4 aromatic rings. The molecule has 1 heterocycles. The van der Waals surface area contributed by atoms with Crippen LogP contribution in [0.2, 0.25) is 0 Å². The van der Waals surface area contributed by atoms with Gasteiger partial charge in [-0.1, -0.05) is 54.6 Å². The van der Waals surface area contributed by atoms with Crippen LogP contribution < -0.4 is 26.6 Å².